The first-order valence-corrected chi connectivity index (χ1v) is 7.28. The van der Waals surface area contributed by atoms with Crippen molar-refractivity contribution >= 4 is 22.8 Å². The van der Waals surface area contributed by atoms with Crippen molar-refractivity contribution in [3.05, 3.63) is 46.4 Å². The van der Waals surface area contributed by atoms with Gasteiger partial charge in [0.2, 0.25) is 11.9 Å². The Hall–Kier alpha value is -2.56. The van der Waals surface area contributed by atoms with Crippen LogP contribution in [0.25, 0.3) is 10.9 Å². The van der Waals surface area contributed by atoms with Gasteiger partial charge in [-0.25, -0.2) is 19.9 Å². The minimum atomic E-state index is 0.525. The summed E-state index contributed by atoms with van der Waals surface area (Å²) in [6.45, 7) is 10.0. The average molecular weight is 293 g/mol. The van der Waals surface area contributed by atoms with E-state index < -0.39 is 0 Å². The Balaban J connectivity index is 2.03. The van der Waals surface area contributed by atoms with Crippen LogP contribution in [0.1, 0.15) is 28.2 Å². The normalized spacial score (nSPS) is 11.0. The number of hydrogen-bond donors (Lipinski definition) is 1. The zero-order chi connectivity index (χ0) is 15.9. The summed E-state index contributed by atoms with van der Waals surface area (Å²) < 4.78 is 0. The average Bonchev–Trinajstić information content (AvgIpc) is 2.45. The SMILES string of the molecule is Cc1ccc2nc(Nc3nc(C)c(C)c(C)n3)nc(C)c2c1. The third kappa shape index (κ3) is 2.62. The number of hydrogen-bond acceptors (Lipinski definition) is 5. The van der Waals surface area contributed by atoms with Crippen molar-refractivity contribution in [3.8, 4) is 0 Å². The molecule has 2 heterocycles. The maximum absolute atomic E-state index is 4.55. The molecule has 5 nitrogen and oxygen atoms in total. The number of fused-ring (bicyclic) bond motifs is 1. The van der Waals surface area contributed by atoms with Crippen LogP contribution in [0.3, 0.4) is 0 Å². The Kier molecular flexibility index (Phi) is 3.48. The lowest BCUT2D eigenvalue weighted by atomic mass is 10.1. The Morgan fingerprint density at radius 3 is 2.00 bits per heavy atom. The molecular formula is C17H19N5. The second kappa shape index (κ2) is 5.33. The topological polar surface area (TPSA) is 63.6 Å². The summed E-state index contributed by atoms with van der Waals surface area (Å²) in [5, 5.41) is 4.19. The first-order valence-electron chi connectivity index (χ1n) is 7.28. The lowest BCUT2D eigenvalue weighted by Crippen LogP contribution is -2.06. The molecule has 5 heteroatoms. The van der Waals surface area contributed by atoms with E-state index in [-0.39, 0.29) is 0 Å². The third-order valence-corrected chi connectivity index (χ3v) is 3.90. The molecule has 1 N–H and O–H groups in total. The van der Waals surface area contributed by atoms with Crippen LogP contribution in [0.4, 0.5) is 11.9 Å². The zero-order valence-electron chi connectivity index (χ0n) is 13.5. The molecule has 0 saturated carbocycles. The second-order valence-electron chi connectivity index (χ2n) is 5.62. The van der Waals surface area contributed by atoms with Gasteiger partial charge in [0.05, 0.1) is 11.2 Å². The quantitative estimate of drug-likeness (QED) is 0.780. The van der Waals surface area contributed by atoms with E-state index in [1.165, 1.54) is 5.56 Å². The number of benzene rings is 1. The predicted molar refractivity (Wildman–Crippen MR) is 88.5 cm³/mol. The fraction of sp³-hybridized carbons (Fsp3) is 0.294. The van der Waals surface area contributed by atoms with E-state index in [1.807, 2.05) is 33.8 Å². The van der Waals surface area contributed by atoms with Crippen molar-refractivity contribution in [2.75, 3.05) is 5.32 Å². The van der Waals surface area contributed by atoms with E-state index in [9.17, 15) is 0 Å². The molecule has 0 aliphatic rings. The van der Waals surface area contributed by atoms with E-state index in [4.69, 9.17) is 0 Å². The van der Waals surface area contributed by atoms with Crippen LogP contribution >= 0.6 is 0 Å². The Bertz CT molecular complexity index is 847. The summed E-state index contributed by atoms with van der Waals surface area (Å²) in [6.07, 6.45) is 0. The number of rotatable bonds is 2. The summed E-state index contributed by atoms with van der Waals surface area (Å²) in [7, 11) is 0. The van der Waals surface area contributed by atoms with Gasteiger partial charge >= 0.3 is 0 Å². The van der Waals surface area contributed by atoms with Crippen molar-refractivity contribution in [3.63, 3.8) is 0 Å². The first-order chi connectivity index (χ1) is 10.4. The van der Waals surface area contributed by atoms with Gasteiger partial charge in [0, 0.05) is 16.8 Å². The number of nitrogens with zero attached hydrogens (tertiary/aromatic N) is 4. The fourth-order valence-electron chi connectivity index (χ4n) is 2.38. The monoisotopic (exact) mass is 293 g/mol. The van der Waals surface area contributed by atoms with Crippen LogP contribution < -0.4 is 5.32 Å². The Labute approximate surface area is 129 Å². The highest BCUT2D eigenvalue weighted by Crippen LogP contribution is 2.20. The molecule has 3 aromatic rings. The van der Waals surface area contributed by atoms with Crippen molar-refractivity contribution in [1.29, 1.82) is 0 Å². The van der Waals surface area contributed by atoms with Gasteiger partial charge in [-0.3, -0.25) is 5.32 Å². The van der Waals surface area contributed by atoms with E-state index in [0.29, 0.717) is 11.9 Å². The van der Waals surface area contributed by atoms with E-state index in [1.54, 1.807) is 0 Å². The lowest BCUT2D eigenvalue weighted by Gasteiger charge is -2.10. The molecule has 1 aromatic carbocycles. The molecule has 3 rings (SSSR count). The summed E-state index contributed by atoms with van der Waals surface area (Å²) in [6, 6.07) is 6.16. The molecule has 0 aliphatic heterocycles. The molecule has 22 heavy (non-hydrogen) atoms. The molecule has 0 aliphatic carbocycles. The molecule has 0 radical (unpaired) electrons. The Morgan fingerprint density at radius 1 is 0.727 bits per heavy atom. The van der Waals surface area contributed by atoms with Crippen LogP contribution in [0.5, 0.6) is 0 Å². The lowest BCUT2D eigenvalue weighted by molar-refractivity contribution is 1.01. The first kappa shape index (κ1) is 14.4. The van der Waals surface area contributed by atoms with Crippen molar-refractivity contribution in [2.45, 2.75) is 34.6 Å². The van der Waals surface area contributed by atoms with Crippen LogP contribution in [-0.2, 0) is 0 Å². The van der Waals surface area contributed by atoms with Crippen LogP contribution in [0, 0.1) is 34.6 Å². The van der Waals surface area contributed by atoms with E-state index >= 15 is 0 Å². The fourth-order valence-corrected chi connectivity index (χ4v) is 2.38. The largest absolute Gasteiger partial charge is 0.293 e. The highest BCUT2D eigenvalue weighted by atomic mass is 15.2. The van der Waals surface area contributed by atoms with E-state index in [0.717, 1.165) is 33.5 Å². The molecule has 0 saturated heterocycles. The highest BCUT2D eigenvalue weighted by Gasteiger charge is 2.08. The number of anilines is 2. The predicted octanol–water partition coefficient (Wildman–Crippen LogP) is 3.71. The van der Waals surface area contributed by atoms with Gasteiger partial charge in [-0.2, -0.15) is 0 Å². The highest BCUT2D eigenvalue weighted by molar-refractivity contribution is 5.82. The minimum Gasteiger partial charge on any atom is -0.293 e. The molecule has 2 aromatic heterocycles. The van der Waals surface area contributed by atoms with Crippen LogP contribution in [0.2, 0.25) is 0 Å². The van der Waals surface area contributed by atoms with Gasteiger partial charge in [0.1, 0.15) is 0 Å². The second-order valence-corrected chi connectivity index (χ2v) is 5.62. The van der Waals surface area contributed by atoms with E-state index in [2.05, 4.69) is 44.3 Å². The molecule has 0 fully saturated rings. The summed E-state index contributed by atoms with van der Waals surface area (Å²) in [4.78, 5) is 18.0. The molecule has 0 unspecified atom stereocenters. The Morgan fingerprint density at radius 2 is 1.32 bits per heavy atom. The van der Waals surface area contributed by atoms with Gasteiger partial charge < -0.3 is 0 Å². The molecule has 0 atom stereocenters. The number of aryl methyl sites for hydroxylation is 4. The molecule has 0 spiro atoms. The third-order valence-electron chi connectivity index (χ3n) is 3.90. The molecule has 112 valence electrons. The van der Waals surface area contributed by atoms with Crippen molar-refractivity contribution < 1.29 is 0 Å². The van der Waals surface area contributed by atoms with Crippen molar-refractivity contribution in [2.24, 2.45) is 0 Å². The smallest absolute Gasteiger partial charge is 0.230 e. The zero-order valence-corrected chi connectivity index (χ0v) is 13.5. The summed E-state index contributed by atoms with van der Waals surface area (Å²) in [5.74, 6) is 1.06. The van der Waals surface area contributed by atoms with Gasteiger partial charge in [0.15, 0.2) is 0 Å². The molecular weight excluding hydrogens is 274 g/mol. The maximum atomic E-state index is 4.55. The number of nitrogens with one attached hydrogen (secondary N) is 1. The van der Waals surface area contributed by atoms with Gasteiger partial charge in [-0.1, -0.05) is 11.6 Å². The summed E-state index contributed by atoms with van der Waals surface area (Å²) in [5.41, 5.74) is 6.09. The maximum Gasteiger partial charge on any atom is 0.230 e. The van der Waals surface area contributed by atoms with Crippen LogP contribution in [-0.4, -0.2) is 19.9 Å². The minimum absolute atomic E-state index is 0.525. The molecule has 0 amide bonds. The van der Waals surface area contributed by atoms with Gasteiger partial charge in [0.25, 0.3) is 0 Å². The van der Waals surface area contributed by atoms with Gasteiger partial charge in [-0.05, 0) is 52.3 Å². The number of aromatic nitrogens is 4. The standard InChI is InChI=1S/C17H19N5/c1-9-6-7-15-14(8-9)13(5)20-17(21-15)22-16-18-11(3)10(2)12(4)19-16/h6-8H,1-5H3,(H,18,19,20,21,22). The van der Waals surface area contributed by atoms with Crippen molar-refractivity contribution in [1.82, 2.24) is 19.9 Å². The molecule has 0 bridgehead atoms. The summed E-state index contributed by atoms with van der Waals surface area (Å²) >= 11 is 0. The van der Waals surface area contributed by atoms with Gasteiger partial charge in [-0.15, -0.1) is 0 Å². The van der Waals surface area contributed by atoms with Crippen LogP contribution in [0.15, 0.2) is 18.2 Å².